The fraction of sp³-hybridized carbons (Fsp3) is 0.214. The van der Waals surface area contributed by atoms with Gasteiger partial charge in [-0.05, 0) is 17.7 Å². The van der Waals surface area contributed by atoms with Crippen LogP contribution in [0.3, 0.4) is 0 Å². The van der Waals surface area contributed by atoms with Crippen molar-refractivity contribution in [1.29, 1.82) is 0 Å². The van der Waals surface area contributed by atoms with Gasteiger partial charge in [0.05, 0.1) is 7.11 Å². The van der Waals surface area contributed by atoms with Crippen molar-refractivity contribution in [3.63, 3.8) is 0 Å². The van der Waals surface area contributed by atoms with Gasteiger partial charge in [-0.15, -0.1) is 0 Å². The van der Waals surface area contributed by atoms with E-state index in [0.29, 0.717) is 10.7 Å². The van der Waals surface area contributed by atoms with Crippen molar-refractivity contribution < 1.29 is 27.1 Å². The number of carbonyl (C=O) groups is 1. The van der Waals surface area contributed by atoms with Gasteiger partial charge in [-0.25, -0.2) is 22.2 Å². The topological polar surface area (TPSA) is 61.2 Å². The van der Waals surface area contributed by atoms with Crippen molar-refractivity contribution in [1.82, 2.24) is 9.78 Å². The van der Waals surface area contributed by atoms with Crippen LogP contribution in [-0.2, 0) is 16.1 Å². The Labute approximate surface area is 127 Å². The van der Waals surface area contributed by atoms with E-state index in [2.05, 4.69) is 9.84 Å². The molecule has 5 nitrogen and oxygen atoms in total. The van der Waals surface area contributed by atoms with Crippen LogP contribution < -0.4 is 5.56 Å². The minimum atomic E-state index is -3.12. The standard InChI is InChI=1S/C14H10F4N2O3/c1-23-12(22)6-20-11(21)5-10(13(19-20)14(17)18)7-2-8(15)4-9(16)3-7/h2-5,14H,6H2,1H3. The van der Waals surface area contributed by atoms with Gasteiger partial charge in [0.1, 0.15) is 23.9 Å². The molecule has 9 heteroatoms. The second-order valence-electron chi connectivity index (χ2n) is 4.47. The van der Waals surface area contributed by atoms with Crippen molar-refractivity contribution in [2.24, 2.45) is 0 Å². The number of nitrogens with zero attached hydrogens (tertiary/aromatic N) is 2. The van der Waals surface area contributed by atoms with Gasteiger partial charge < -0.3 is 4.74 Å². The molecule has 0 amide bonds. The Morgan fingerprint density at radius 3 is 2.35 bits per heavy atom. The van der Waals surface area contributed by atoms with Gasteiger partial charge in [-0.3, -0.25) is 9.59 Å². The maximum Gasteiger partial charge on any atom is 0.327 e. The van der Waals surface area contributed by atoms with Crippen molar-refractivity contribution in [3.8, 4) is 11.1 Å². The van der Waals surface area contributed by atoms with Crippen LogP contribution in [0.5, 0.6) is 0 Å². The van der Waals surface area contributed by atoms with Gasteiger partial charge in [-0.1, -0.05) is 0 Å². The van der Waals surface area contributed by atoms with E-state index in [-0.39, 0.29) is 5.56 Å². The molecule has 2 aromatic rings. The zero-order chi connectivity index (χ0) is 17.1. The third kappa shape index (κ3) is 3.74. The smallest absolute Gasteiger partial charge is 0.327 e. The number of hydrogen-bond donors (Lipinski definition) is 0. The number of ether oxygens (including phenoxy) is 1. The van der Waals surface area contributed by atoms with Gasteiger partial charge in [-0.2, -0.15) is 5.10 Å². The zero-order valence-electron chi connectivity index (χ0n) is 11.7. The Morgan fingerprint density at radius 1 is 1.22 bits per heavy atom. The number of aromatic nitrogens is 2. The number of hydrogen-bond acceptors (Lipinski definition) is 4. The molecule has 1 aromatic heterocycles. The zero-order valence-corrected chi connectivity index (χ0v) is 11.7. The number of alkyl halides is 2. The predicted molar refractivity (Wildman–Crippen MR) is 70.8 cm³/mol. The lowest BCUT2D eigenvalue weighted by molar-refractivity contribution is -0.141. The fourth-order valence-electron chi connectivity index (χ4n) is 1.91. The molecule has 0 aliphatic carbocycles. The van der Waals surface area contributed by atoms with E-state index in [1.807, 2.05) is 0 Å². The lowest BCUT2D eigenvalue weighted by Gasteiger charge is -2.11. The maximum atomic E-state index is 13.3. The van der Waals surface area contributed by atoms with Gasteiger partial charge in [0, 0.05) is 17.7 Å². The van der Waals surface area contributed by atoms with Crippen molar-refractivity contribution in [2.45, 2.75) is 13.0 Å². The van der Waals surface area contributed by atoms with Crippen molar-refractivity contribution in [3.05, 3.63) is 51.9 Å². The van der Waals surface area contributed by atoms with E-state index in [1.165, 1.54) is 0 Å². The summed E-state index contributed by atoms with van der Waals surface area (Å²) in [4.78, 5) is 23.0. The van der Waals surface area contributed by atoms with Crippen molar-refractivity contribution >= 4 is 5.97 Å². The molecule has 23 heavy (non-hydrogen) atoms. The Bertz CT molecular complexity index is 785. The minimum absolute atomic E-state index is 0.257. The Morgan fingerprint density at radius 2 is 1.83 bits per heavy atom. The Hall–Kier alpha value is -2.71. The monoisotopic (exact) mass is 330 g/mol. The number of esters is 1. The van der Waals surface area contributed by atoms with E-state index in [0.717, 1.165) is 25.3 Å². The van der Waals surface area contributed by atoms with Crippen molar-refractivity contribution in [2.75, 3.05) is 7.11 Å². The average Bonchev–Trinajstić information content (AvgIpc) is 2.47. The quantitative estimate of drug-likeness (QED) is 0.637. The first-order chi connectivity index (χ1) is 10.8. The molecule has 0 aliphatic heterocycles. The highest BCUT2D eigenvalue weighted by Crippen LogP contribution is 2.29. The maximum absolute atomic E-state index is 13.3. The molecule has 0 saturated heterocycles. The lowest BCUT2D eigenvalue weighted by atomic mass is 10.0. The van der Waals surface area contributed by atoms with E-state index in [4.69, 9.17) is 0 Å². The average molecular weight is 330 g/mol. The highest BCUT2D eigenvalue weighted by atomic mass is 19.3. The molecule has 0 fully saturated rings. The summed E-state index contributed by atoms with van der Waals surface area (Å²) in [6.07, 6.45) is -3.12. The Kier molecular flexibility index (Phi) is 4.77. The normalized spacial score (nSPS) is 10.9. The van der Waals surface area contributed by atoms with Gasteiger partial charge >= 0.3 is 5.97 Å². The van der Waals surface area contributed by atoms with Crippen LogP contribution in [0.15, 0.2) is 29.1 Å². The van der Waals surface area contributed by atoms with Crippen LogP contribution in [0.4, 0.5) is 17.6 Å². The molecular formula is C14H10F4N2O3. The lowest BCUT2D eigenvalue weighted by Crippen LogP contribution is -2.28. The number of benzene rings is 1. The molecule has 122 valence electrons. The number of rotatable bonds is 4. The summed E-state index contributed by atoms with van der Waals surface area (Å²) in [5, 5.41) is 3.40. The molecule has 1 heterocycles. The summed E-state index contributed by atoms with van der Waals surface area (Å²) in [7, 11) is 1.06. The van der Waals surface area contributed by atoms with Gasteiger partial charge in [0.25, 0.3) is 12.0 Å². The first-order valence-corrected chi connectivity index (χ1v) is 6.25. The molecule has 0 N–H and O–H groups in total. The molecule has 0 radical (unpaired) electrons. The third-order valence-corrected chi connectivity index (χ3v) is 2.91. The SMILES string of the molecule is COC(=O)Cn1nc(C(F)F)c(-c2cc(F)cc(F)c2)cc1=O. The summed E-state index contributed by atoms with van der Waals surface area (Å²) < 4.78 is 57.7. The summed E-state index contributed by atoms with van der Waals surface area (Å²) >= 11 is 0. The van der Waals surface area contributed by atoms with Crippen LogP contribution in [-0.4, -0.2) is 22.9 Å². The molecule has 2 rings (SSSR count). The summed E-state index contributed by atoms with van der Waals surface area (Å²) in [6, 6.07) is 2.91. The number of carbonyl (C=O) groups excluding carboxylic acids is 1. The first-order valence-electron chi connectivity index (χ1n) is 6.25. The highest BCUT2D eigenvalue weighted by molar-refractivity contribution is 5.69. The second kappa shape index (κ2) is 6.59. The fourth-order valence-corrected chi connectivity index (χ4v) is 1.91. The number of halogens is 4. The summed E-state index contributed by atoms with van der Waals surface area (Å²) in [5.74, 6) is -2.83. The third-order valence-electron chi connectivity index (χ3n) is 2.91. The molecule has 0 unspecified atom stereocenters. The molecule has 0 atom stereocenters. The molecule has 0 saturated carbocycles. The van der Waals surface area contributed by atoms with Crippen LogP contribution in [0.25, 0.3) is 11.1 Å². The van der Waals surface area contributed by atoms with Crippen LogP contribution >= 0.6 is 0 Å². The summed E-state index contributed by atoms with van der Waals surface area (Å²) in [5.41, 5.74) is -2.44. The van der Waals surface area contributed by atoms with E-state index in [9.17, 15) is 27.2 Å². The van der Waals surface area contributed by atoms with Gasteiger partial charge in [0.2, 0.25) is 0 Å². The van der Waals surface area contributed by atoms with E-state index >= 15 is 0 Å². The van der Waals surface area contributed by atoms with Crippen LogP contribution in [0, 0.1) is 11.6 Å². The molecule has 0 aliphatic rings. The molecular weight excluding hydrogens is 320 g/mol. The van der Waals surface area contributed by atoms with Crippen LogP contribution in [0.1, 0.15) is 12.1 Å². The van der Waals surface area contributed by atoms with E-state index < -0.39 is 47.4 Å². The minimum Gasteiger partial charge on any atom is -0.468 e. The molecule has 1 aromatic carbocycles. The molecule has 0 spiro atoms. The largest absolute Gasteiger partial charge is 0.468 e. The second-order valence-corrected chi connectivity index (χ2v) is 4.47. The first kappa shape index (κ1) is 16.7. The predicted octanol–water partition coefficient (Wildman–Crippen LogP) is 2.30. The highest BCUT2D eigenvalue weighted by Gasteiger charge is 2.20. The molecule has 0 bridgehead atoms. The number of methoxy groups -OCH3 is 1. The van der Waals surface area contributed by atoms with Gasteiger partial charge in [0.15, 0.2) is 0 Å². The van der Waals surface area contributed by atoms with Crippen LogP contribution in [0.2, 0.25) is 0 Å². The summed E-state index contributed by atoms with van der Waals surface area (Å²) in [6.45, 7) is -0.660. The Balaban J connectivity index is 2.62. The van der Waals surface area contributed by atoms with E-state index in [1.54, 1.807) is 0 Å².